The number of hydrogen-bond acceptors (Lipinski definition) is 3. The highest BCUT2D eigenvalue weighted by molar-refractivity contribution is 5.63. The van der Waals surface area contributed by atoms with Crippen molar-refractivity contribution in [1.82, 2.24) is 4.98 Å². The SMILES string of the molecule is c1cncc(CCOc2cccc3c2NCCC3)c1. The molecule has 0 saturated carbocycles. The molecule has 2 heterocycles. The Bertz CT molecular complexity index is 540. The van der Waals surface area contributed by atoms with Crippen molar-refractivity contribution in [3.63, 3.8) is 0 Å². The molecule has 0 radical (unpaired) electrons. The summed E-state index contributed by atoms with van der Waals surface area (Å²) in [6.07, 6.45) is 6.91. The van der Waals surface area contributed by atoms with Gasteiger partial charge in [-0.1, -0.05) is 18.2 Å². The molecule has 1 aliphatic rings. The van der Waals surface area contributed by atoms with Crippen LogP contribution in [0.5, 0.6) is 5.75 Å². The zero-order valence-electron chi connectivity index (χ0n) is 10.9. The van der Waals surface area contributed by atoms with Crippen molar-refractivity contribution in [2.45, 2.75) is 19.3 Å². The monoisotopic (exact) mass is 254 g/mol. The number of fused-ring (bicyclic) bond motifs is 1. The first-order valence-corrected chi connectivity index (χ1v) is 6.81. The third-order valence-corrected chi connectivity index (χ3v) is 3.41. The molecule has 0 spiro atoms. The lowest BCUT2D eigenvalue weighted by molar-refractivity contribution is 0.322. The molecule has 19 heavy (non-hydrogen) atoms. The van der Waals surface area contributed by atoms with Crippen LogP contribution in [0, 0.1) is 0 Å². The van der Waals surface area contributed by atoms with Crippen LogP contribution < -0.4 is 10.1 Å². The fraction of sp³-hybridized carbons (Fsp3) is 0.312. The van der Waals surface area contributed by atoms with Crippen molar-refractivity contribution in [2.75, 3.05) is 18.5 Å². The summed E-state index contributed by atoms with van der Waals surface area (Å²) >= 11 is 0. The lowest BCUT2D eigenvalue weighted by atomic mass is 10.0. The van der Waals surface area contributed by atoms with Crippen LogP contribution in [0.1, 0.15) is 17.5 Å². The van der Waals surface area contributed by atoms with Crippen LogP contribution in [0.4, 0.5) is 5.69 Å². The Kier molecular flexibility index (Phi) is 3.63. The van der Waals surface area contributed by atoms with E-state index in [0.29, 0.717) is 6.61 Å². The number of aryl methyl sites for hydroxylation is 1. The van der Waals surface area contributed by atoms with Crippen molar-refractivity contribution in [3.05, 3.63) is 53.9 Å². The maximum atomic E-state index is 5.92. The van der Waals surface area contributed by atoms with Gasteiger partial charge in [0.25, 0.3) is 0 Å². The van der Waals surface area contributed by atoms with Crippen LogP contribution in [-0.2, 0) is 12.8 Å². The Labute approximate surface area is 113 Å². The van der Waals surface area contributed by atoms with Crippen LogP contribution in [0.25, 0.3) is 0 Å². The van der Waals surface area contributed by atoms with Gasteiger partial charge in [0.05, 0.1) is 12.3 Å². The minimum absolute atomic E-state index is 0.684. The fourth-order valence-corrected chi connectivity index (χ4v) is 2.42. The van der Waals surface area contributed by atoms with E-state index in [1.807, 2.05) is 18.3 Å². The van der Waals surface area contributed by atoms with E-state index in [-0.39, 0.29) is 0 Å². The van der Waals surface area contributed by atoms with Crippen LogP contribution in [0.15, 0.2) is 42.7 Å². The van der Waals surface area contributed by atoms with Crippen LogP contribution >= 0.6 is 0 Å². The van der Waals surface area contributed by atoms with E-state index >= 15 is 0 Å². The summed E-state index contributed by atoms with van der Waals surface area (Å²) in [6.45, 7) is 1.72. The van der Waals surface area contributed by atoms with E-state index in [2.05, 4.69) is 28.5 Å². The lowest BCUT2D eigenvalue weighted by Gasteiger charge is -2.21. The molecule has 3 nitrogen and oxygen atoms in total. The van der Waals surface area contributed by atoms with Gasteiger partial charge in [0.1, 0.15) is 5.75 Å². The first kappa shape index (κ1) is 12.0. The molecule has 3 rings (SSSR count). The molecular weight excluding hydrogens is 236 g/mol. The van der Waals surface area contributed by atoms with Gasteiger partial charge in [-0.15, -0.1) is 0 Å². The van der Waals surface area contributed by atoms with E-state index in [1.54, 1.807) is 6.20 Å². The molecule has 0 aliphatic carbocycles. The molecule has 0 saturated heterocycles. The molecule has 3 heteroatoms. The maximum Gasteiger partial charge on any atom is 0.142 e. The third-order valence-electron chi connectivity index (χ3n) is 3.41. The molecular formula is C16H18N2O. The first-order valence-electron chi connectivity index (χ1n) is 6.81. The van der Waals surface area contributed by atoms with Crippen molar-refractivity contribution in [3.8, 4) is 5.75 Å². The highest BCUT2D eigenvalue weighted by atomic mass is 16.5. The molecule has 1 aromatic heterocycles. The average Bonchev–Trinajstić information content (AvgIpc) is 2.49. The molecule has 0 atom stereocenters. The largest absolute Gasteiger partial charge is 0.491 e. The van der Waals surface area contributed by atoms with Gasteiger partial charge < -0.3 is 10.1 Å². The van der Waals surface area contributed by atoms with E-state index in [0.717, 1.165) is 25.1 Å². The third kappa shape index (κ3) is 2.87. The lowest BCUT2D eigenvalue weighted by Crippen LogP contribution is -2.13. The fourth-order valence-electron chi connectivity index (χ4n) is 2.42. The molecule has 1 aliphatic heterocycles. The summed E-state index contributed by atoms with van der Waals surface area (Å²) in [7, 11) is 0. The van der Waals surface area contributed by atoms with Gasteiger partial charge in [-0.25, -0.2) is 0 Å². The summed E-state index contributed by atoms with van der Waals surface area (Å²) in [5, 5.41) is 3.44. The van der Waals surface area contributed by atoms with Gasteiger partial charge >= 0.3 is 0 Å². The van der Waals surface area contributed by atoms with E-state index in [1.165, 1.54) is 23.2 Å². The zero-order valence-corrected chi connectivity index (χ0v) is 10.9. The molecule has 0 fully saturated rings. The molecule has 98 valence electrons. The number of ether oxygens (including phenoxy) is 1. The summed E-state index contributed by atoms with van der Waals surface area (Å²) in [4.78, 5) is 4.11. The number of pyridine rings is 1. The molecule has 0 bridgehead atoms. The maximum absolute atomic E-state index is 5.92. The predicted octanol–water partition coefficient (Wildman–Crippen LogP) is 3.06. The number of benzene rings is 1. The Morgan fingerprint density at radius 3 is 3.11 bits per heavy atom. The van der Waals surface area contributed by atoms with E-state index in [9.17, 15) is 0 Å². The summed E-state index contributed by atoms with van der Waals surface area (Å²) < 4.78 is 5.92. The second-order valence-corrected chi connectivity index (χ2v) is 4.78. The molecule has 2 aromatic rings. The summed E-state index contributed by atoms with van der Waals surface area (Å²) in [5.41, 5.74) is 3.75. The standard InChI is InChI=1S/C16H18N2O/c1-5-14-6-3-10-18-16(14)15(7-1)19-11-8-13-4-2-9-17-12-13/h1-2,4-5,7,9,12,18H,3,6,8,10-11H2. The molecule has 0 unspecified atom stereocenters. The highest BCUT2D eigenvalue weighted by Gasteiger charge is 2.12. The number of para-hydroxylation sites is 1. The minimum Gasteiger partial charge on any atom is -0.491 e. The minimum atomic E-state index is 0.684. The van der Waals surface area contributed by atoms with Gasteiger partial charge in [0.2, 0.25) is 0 Å². The van der Waals surface area contributed by atoms with E-state index < -0.39 is 0 Å². The zero-order chi connectivity index (χ0) is 12.9. The quantitative estimate of drug-likeness (QED) is 0.910. The molecule has 1 N–H and O–H groups in total. The van der Waals surface area contributed by atoms with Crippen LogP contribution in [0.2, 0.25) is 0 Å². The van der Waals surface area contributed by atoms with Gasteiger partial charge in [0.15, 0.2) is 0 Å². The van der Waals surface area contributed by atoms with Gasteiger partial charge in [-0.2, -0.15) is 0 Å². The van der Waals surface area contributed by atoms with Crippen molar-refractivity contribution in [1.29, 1.82) is 0 Å². The second kappa shape index (κ2) is 5.74. The van der Waals surface area contributed by atoms with Crippen molar-refractivity contribution >= 4 is 5.69 Å². The number of anilines is 1. The first-order chi connectivity index (χ1) is 9.43. The highest BCUT2D eigenvalue weighted by Crippen LogP contribution is 2.31. The number of nitrogens with one attached hydrogen (secondary N) is 1. The van der Waals surface area contributed by atoms with Crippen LogP contribution in [0.3, 0.4) is 0 Å². The number of hydrogen-bond donors (Lipinski definition) is 1. The predicted molar refractivity (Wildman–Crippen MR) is 76.7 cm³/mol. The van der Waals surface area contributed by atoms with Gasteiger partial charge in [0, 0.05) is 25.4 Å². The Balaban J connectivity index is 1.64. The average molecular weight is 254 g/mol. The number of aromatic nitrogens is 1. The Hall–Kier alpha value is -2.03. The normalized spacial score (nSPS) is 13.5. The van der Waals surface area contributed by atoms with Crippen LogP contribution in [-0.4, -0.2) is 18.1 Å². The topological polar surface area (TPSA) is 34.1 Å². The van der Waals surface area contributed by atoms with Gasteiger partial charge in [-0.3, -0.25) is 4.98 Å². The Morgan fingerprint density at radius 1 is 1.21 bits per heavy atom. The van der Waals surface area contributed by atoms with Crippen molar-refractivity contribution < 1.29 is 4.74 Å². The Morgan fingerprint density at radius 2 is 2.21 bits per heavy atom. The van der Waals surface area contributed by atoms with E-state index in [4.69, 9.17) is 4.74 Å². The smallest absolute Gasteiger partial charge is 0.142 e. The molecule has 1 aromatic carbocycles. The number of nitrogens with zero attached hydrogens (tertiary/aromatic N) is 1. The van der Waals surface area contributed by atoms with Gasteiger partial charge in [-0.05, 0) is 36.1 Å². The molecule has 0 amide bonds. The van der Waals surface area contributed by atoms with Crippen molar-refractivity contribution in [2.24, 2.45) is 0 Å². The summed E-state index contributed by atoms with van der Waals surface area (Å²) in [5.74, 6) is 0.973. The number of rotatable bonds is 4. The summed E-state index contributed by atoms with van der Waals surface area (Å²) in [6, 6.07) is 10.3. The second-order valence-electron chi connectivity index (χ2n) is 4.78.